The van der Waals surface area contributed by atoms with Crippen LogP contribution in [0.5, 0.6) is 0 Å². The molecule has 0 aromatic heterocycles. The molecule has 1 aromatic rings. The molecule has 1 N–H and O–H groups in total. The van der Waals surface area contributed by atoms with Crippen LogP contribution in [0.3, 0.4) is 0 Å². The second-order valence-electron chi connectivity index (χ2n) is 7.06. The maximum Gasteiger partial charge on any atom is 0.328 e. The van der Waals surface area contributed by atoms with E-state index in [1.54, 1.807) is 18.7 Å². The lowest BCUT2D eigenvalue weighted by Gasteiger charge is -2.26. The SMILES string of the molecule is CCOC(=O)CC[C@H](NC(=O)[C@@H]1CCCN1C(=O)Cc1ccccc1)C(=O)OCC. The van der Waals surface area contributed by atoms with Crippen LogP contribution in [-0.2, 0) is 35.1 Å². The number of rotatable bonds is 10. The molecule has 0 spiro atoms. The molecule has 1 heterocycles. The lowest BCUT2D eigenvalue weighted by Crippen LogP contribution is -2.51. The number of ether oxygens (including phenoxy) is 2. The van der Waals surface area contributed by atoms with Crippen molar-refractivity contribution in [2.24, 2.45) is 0 Å². The topological polar surface area (TPSA) is 102 Å². The van der Waals surface area contributed by atoms with E-state index in [-0.39, 0.29) is 38.4 Å². The van der Waals surface area contributed by atoms with Crippen LogP contribution in [0, 0.1) is 0 Å². The number of benzene rings is 1. The highest BCUT2D eigenvalue weighted by atomic mass is 16.5. The molecule has 1 fully saturated rings. The van der Waals surface area contributed by atoms with Gasteiger partial charge in [0.15, 0.2) is 0 Å². The first-order valence-electron chi connectivity index (χ1n) is 10.4. The van der Waals surface area contributed by atoms with E-state index in [2.05, 4.69) is 5.32 Å². The summed E-state index contributed by atoms with van der Waals surface area (Å²) in [6.45, 7) is 4.27. The number of hydrogen-bond donors (Lipinski definition) is 1. The third-order valence-corrected chi connectivity index (χ3v) is 4.90. The minimum atomic E-state index is -0.964. The zero-order chi connectivity index (χ0) is 21.9. The molecule has 2 amide bonds. The Morgan fingerprint density at radius 1 is 1.10 bits per heavy atom. The van der Waals surface area contributed by atoms with Crippen molar-refractivity contribution in [1.82, 2.24) is 10.2 Å². The summed E-state index contributed by atoms with van der Waals surface area (Å²) in [6, 6.07) is 7.75. The van der Waals surface area contributed by atoms with Gasteiger partial charge in [-0.1, -0.05) is 30.3 Å². The van der Waals surface area contributed by atoms with E-state index in [9.17, 15) is 19.2 Å². The molecule has 0 radical (unpaired) electrons. The smallest absolute Gasteiger partial charge is 0.328 e. The fourth-order valence-corrected chi connectivity index (χ4v) is 3.46. The summed E-state index contributed by atoms with van der Waals surface area (Å²) in [6.07, 6.45) is 1.52. The summed E-state index contributed by atoms with van der Waals surface area (Å²) >= 11 is 0. The minimum Gasteiger partial charge on any atom is -0.466 e. The lowest BCUT2D eigenvalue weighted by molar-refractivity contribution is -0.149. The summed E-state index contributed by atoms with van der Waals surface area (Å²) in [5.41, 5.74) is 0.882. The summed E-state index contributed by atoms with van der Waals surface area (Å²) in [5, 5.41) is 2.67. The lowest BCUT2D eigenvalue weighted by atomic mass is 10.1. The molecule has 1 aromatic carbocycles. The van der Waals surface area contributed by atoms with Gasteiger partial charge in [-0.15, -0.1) is 0 Å². The van der Waals surface area contributed by atoms with Gasteiger partial charge < -0.3 is 19.7 Å². The number of hydrogen-bond acceptors (Lipinski definition) is 6. The van der Waals surface area contributed by atoms with Gasteiger partial charge in [-0.3, -0.25) is 14.4 Å². The van der Waals surface area contributed by atoms with E-state index in [4.69, 9.17) is 9.47 Å². The monoisotopic (exact) mass is 418 g/mol. The van der Waals surface area contributed by atoms with Crippen LogP contribution >= 0.6 is 0 Å². The first-order chi connectivity index (χ1) is 14.5. The second kappa shape index (κ2) is 11.9. The highest BCUT2D eigenvalue weighted by Gasteiger charge is 2.36. The van der Waals surface area contributed by atoms with Crippen LogP contribution in [0.15, 0.2) is 30.3 Å². The number of carbonyl (C=O) groups is 4. The number of carbonyl (C=O) groups excluding carboxylic acids is 4. The zero-order valence-corrected chi connectivity index (χ0v) is 17.6. The van der Waals surface area contributed by atoms with Gasteiger partial charge in [0.05, 0.1) is 19.6 Å². The Bertz CT molecular complexity index is 736. The predicted molar refractivity (Wildman–Crippen MR) is 109 cm³/mol. The number of esters is 2. The summed E-state index contributed by atoms with van der Waals surface area (Å²) in [7, 11) is 0. The van der Waals surface area contributed by atoms with Crippen molar-refractivity contribution in [3.63, 3.8) is 0 Å². The van der Waals surface area contributed by atoms with Gasteiger partial charge in [0, 0.05) is 13.0 Å². The van der Waals surface area contributed by atoms with E-state index in [1.165, 1.54) is 0 Å². The van der Waals surface area contributed by atoms with Crippen LogP contribution in [0.1, 0.15) is 45.1 Å². The van der Waals surface area contributed by atoms with Gasteiger partial charge >= 0.3 is 11.9 Å². The van der Waals surface area contributed by atoms with Crippen molar-refractivity contribution in [3.05, 3.63) is 35.9 Å². The van der Waals surface area contributed by atoms with Gasteiger partial charge in [-0.25, -0.2) is 4.79 Å². The minimum absolute atomic E-state index is 0.0150. The molecule has 2 atom stereocenters. The quantitative estimate of drug-likeness (QED) is 0.579. The maximum atomic E-state index is 12.9. The Kier molecular flexibility index (Phi) is 9.31. The molecule has 1 aliphatic heterocycles. The van der Waals surface area contributed by atoms with Gasteiger partial charge in [-0.2, -0.15) is 0 Å². The van der Waals surface area contributed by atoms with Crippen molar-refractivity contribution < 1.29 is 28.7 Å². The Morgan fingerprint density at radius 2 is 1.80 bits per heavy atom. The van der Waals surface area contributed by atoms with Crippen LogP contribution in [0.25, 0.3) is 0 Å². The van der Waals surface area contributed by atoms with Crippen molar-refractivity contribution in [1.29, 1.82) is 0 Å². The van der Waals surface area contributed by atoms with Gasteiger partial charge in [0.25, 0.3) is 0 Å². The fourth-order valence-electron chi connectivity index (χ4n) is 3.46. The Balaban J connectivity index is 2.00. The molecule has 1 saturated heterocycles. The van der Waals surface area contributed by atoms with Crippen LogP contribution in [0.2, 0.25) is 0 Å². The molecule has 2 rings (SSSR count). The van der Waals surface area contributed by atoms with Gasteiger partial charge in [0.1, 0.15) is 12.1 Å². The van der Waals surface area contributed by atoms with E-state index in [0.29, 0.717) is 19.4 Å². The Hall–Kier alpha value is -2.90. The van der Waals surface area contributed by atoms with Crippen molar-refractivity contribution in [2.45, 2.75) is 58.0 Å². The second-order valence-corrected chi connectivity index (χ2v) is 7.06. The number of nitrogens with one attached hydrogen (secondary N) is 1. The van der Waals surface area contributed by atoms with E-state index < -0.39 is 29.9 Å². The number of amides is 2. The Morgan fingerprint density at radius 3 is 2.47 bits per heavy atom. The van der Waals surface area contributed by atoms with Crippen LogP contribution in [0.4, 0.5) is 0 Å². The van der Waals surface area contributed by atoms with Crippen LogP contribution in [-0.4, -0.2) is 60.5 Å². The standard InChI is InChI=1S/C22H30N2O6/c1-3-29-20(26)13-12-17(22(28)30-4-2)23-21(27)18-11-8-14-24(18)19(25)15-16-9-6-5-7-10-16/h5-7,9-10,17-18H,3-4,8,11-15H2,1-2H3,(H,23,27)/t17-,18-/m0/s1. The van der Waals surface area contributed by atoms with Crippen molar-refractivity contribution >= 4 is 23.8 Å². The molecule has 8 nitrogen and oxygen atoms in total. The highest BCUT2D eigenvalue weighted by molar-refractivity contribution is 5.91. The van der Waals surface area contributed by atoms with E-state index in [1.807, 2.05) is 30.3 Å². The fraction of sp³-hybridized carbons (Fsp3) is 0.545. The molecule has 0 aliphatic carbocycles. The molecule has 0 bridgehead atoms. The number of likely N-dealkylation sites (tertiary alicyclic amines) is 1. The molecule has 1 aliphatic rings. The Labute approximate surface area is 176 Å². The molecule has 8 heteroatoms. The predicted octanol–water partition coefficient (Wildman–Crippen LogP) is 1.61. The van der Waals surface area contributed by atoms with Gasteiger partial charge in [-0.05, 0) is 38.7 Å². The van der Waals surface area contributed by atoms with Crippen molar-refractivity contribution in [3.8, 4) is 0 Å². The summed E-state index contributed by atoms with van der Waals surface area (Å²) in [4.78, 5) is 51.1. The summed E-state index contributed by atoms with van der Waals surface area (Å²) in [5.74, 6) is -1.58. The zero-order valence-electron chi connectivity index (χ0n) is 17.6. The third-order valence-electron chi connectivity index (χ3n) is 4.90. The van der Waals surface area contributed by atoms with Crippen LogP contribution < -0.4 is 5.32 Å². The largest absolute Gasteiger partial charge is 0.466 e. The molecule has 30 heavy (non-hydrogen) atoms. The highest BCUT2D eigenvalue weighted by Crippen LogP contribution is 2.19. The molecular formula is C22H30N2O6. The van der Waals surface area contributed by atoms with Gasteiger partial charge in [0.2, 0.25) is 11.8 Å². The first kappa shape index (κ1) is 23.4. The normalized spacial score (nSPS) is 16.6. The molecular weight excluding hydrogens is 388 g/mol. The first-order valence-corrected chi connectivity index (χ1v) is 10.4. The molecule has 0 saturated carbocycles. The van der Waals surface area contributed by atoms with Crippen molar-refractivity contribution in [2.75, 3.05) is 19.8 Å². The average Bonchev–Trinajstić information content (AvgIpc) is 3.22. The maximum absolute atomic E-state index is 12.9. The average molecular weight is 418 g/mol. The molecule has 0 unspecified atom stereocenters. The number of nitrogens with zero attached hydrogens (tertiary/aromatic N) is 1. The summed E-state index contributed by atoms with van der Waals surface area (Å²) < 4.78 is 9.91. The molecule has 164 valence electrons. The van der Waals surface area contributed by atoms with E-state index >= 15 is 0 Å². The van der Waals surface area contributed by atoms with E-state index in [0.717, 1.165) is 5.56 Å². The third kappa shape index (κ3) is 6.86.